The molecule has 3 rings (SSSR count). The Hall–Kier alpha value is -4.36. The van der Waals surface area contributed by atoms with Crippen LogP contribution in [0.25, 0.3) is 0 Å². The Morgan fingerprint density at radius 2 is 0.974 bits per heavy atom. The number of hydrogen-bond donors (Lipinski definition) is 0. The number of non-ortho nitro benzene ring substituents is 2. The van der Waals surface area contributed by atoms with Gasteiger partial charge in [-0.2, -0.15) is 0 Å². The van der Waals surface area contributed by atoms with E-state index in [1.54, 1.807) is 0 Å². The Labute approximate surface area is 233 Å². The molecular formula is C24H24CuN6O8. The molecule has 0 aromatic heterocycles. The standard InChI is InChI=1S/C24H26N6O8.Cu/c31-21-9-13-27(23(33)17-1-5-19(6-2-17)29(35)36)15-11-25-22(32)10-14-28(16-12-26-21)24(34)18-3-7-20(8-4-18)30(37)38;/h1-8H,9-16H2,(H,25,32)(H,26,31);/q;+2/p-2. The number of rotatable bonds is 4. The zero-order chi connectivity index (χ0) is 27.7. The van der Waals surface area contributed by atoms with Crippen LogP contribution < -0.4 is 10.2 Å². The largest absolute Gasteiger partial charge is 2.00 e. The predicted octanol–water partition coefficient (Wildman–Crippen LogP) is 0.397. The van der Waals surface area contributed by atoms with Gasteiger partial charge in [0, 0.05) is 61.6 Å². The van der Waals surface area contributed by atoms with Crippen LogP contribution in [-0.4, -0.2) is 82.5 Å². The molecule has 0 aliphatic carbocycles. The second-order valence-corrected chi connectivity index (χ2v) is 8.24. The van der Waals surface area contributed by atoms with Gasteiger partial charge in [-0.05, 0) is 48.9 Å². The van der Waals surface area contributed by atoms with E-state index >= 15 is 0 Å². The van der Waals surface area contributed by atoms with E-state index in [-0.39, 0.29) is 91.7 Å². The van der Waals surface area contributed by atoms with Crippen LogP contribution in [0.3, 0.4) is 0 Å². The molecule has 2 aromatic carbocycles. The summed E-state index contributed by atoms with van der Waals surface area (Å²) in [7, 11) is 0. The van der Waals surface area contributed by atoms with Crippen LogP contribution in [0.4, 0.5) is 11.4 Å². The summed E-state index contributed by atoms with van der Waals surface area (Å²) in [6.07, 6.45) is -0.216. The summed E-state index contributed by atoms with van der Waals surface area (Å²) in [5.74, 6) is -1.91. The zero-order valence-corrected chi connectivity index (χ0v) is 21.5. The molecule has 2 amide bonds. The maximum Gasteiger partial charge on any atom is 2.00 e. The van der Waals surface area contributed by atoms with Crippen molar-refractivity contribution in [1.82, 2.24) is 9.80 Å². The molecule has 0 saturated heterocycles. The monoisotopic (exact) mass is 587 g/mol. The Kier molecular flexibility index (Phi) is 11.5. The third-order valence-corrected chi connectivity index (χ3v) is 5.73. The number of carbonyl (C=O) groups excluding carboxylic acids is 2. The van der Waals surface area contributed by atoms with E-state index < -0.39 is 33.5 Å². The summed E-state index contributed by atoms with van der Waals surface area (Å²) in [4.78, 5) is 57.0. The van der Waals surface area contributed by atoms with Crippen molar-refractivity contribution in [1.29, 1.82) is 0 Å². The molecular weight excluding hydrogens is 564 g/mol. The number of carbonyl (C=O) groups is 2. The second-order valence-electron chi connectivity index (χ2n) is 8.24. The normalized spacial score (nSPS) is 15.2. The smallest absolute Gasteiger partial charge is 0.862 e. The Balaban J connectivity index is 0.00000533. The van der Waals surface area contributed by atoms with Crippen molar-refractivity contribution in [3.63, 3.8) is 0 Å². The van der Waals surface area contributed by atoms with Gasteiger partial charge in [-0.1, -0.05) is 0 Å². The maximum atomic E-state index is 12.9. The number of nitro groups is 2. The first-order valence-electron chi connectivity index (χ1n) is 11.6. The third kappa shape index (κ3) is 8.86. The van der Waals surface area contributed by atoms with Crippen LogP contribution in [0.2, 0.25) is 0 Å². The SMILES string of the molecule is O=C(c1ccc([N+](=O)[O-])cc1)N1CCN=C([O-])CCN(C(=O)c2ccc([N+](=O)[O-])cc2)CCN=C([O-])CC1.[Cu+2]. The van der Waals surface area contributed by atoms with Crippen molar-refractivity contribution in [3.05, 3.63) is 79.9 Å². The van der Waals surface area contributed by atoms with Gasteiger partial charge in [0.2, 0.25) is 0 Å². The van der Waals surface area contributed by atoms with E-state index in [1.807, 2.05) is 0 Å². The molecule has 14 nitrogen and oxygen atoms in total. The summed E-state index contributed by atoms with van der Waals surface area (Å²) < 4.78 is 0. The summed E-state index contributed by atoms with van der Waals surface area (Å²) in [6.45, 7) is -0.0421. The van der Waals surface area contributed by atoms with Gasteiger partial charge in [-0.25, -0.2) is 0 Å². The molecule has 15 heteroatoms. The molecule has 0 unspecified atom stereocenters. The van der Waals surface area contributed by atoms with Crippen LogP contribution in [-0.2, 0) is 17.1 Å². The predicted molar refractivity (Wildman–Crippen MR) is 132 cm³/mol. The van der Waals surface area contributed by atoms with Gasteiger partial charge < -0.3 is 30.0 Å². The number of nitro benzene ring substituents is 2. The third-order valence-electron chi connectivity index (χ3n) is 5.73. The number of amides is 2. The van der Waals surface area contributed by atoms with E-state index in [0.717, 1.165) is 0 Å². The molecule has 1 radical (unpaired) electrons. The van der Waals surface area contributed by atoms with E-state index in [1.165, 1.54) is 58.3 Å². The van der Waals surface area contributed by atoms with Crippen molar-refractivity contribution >= 4 is 35.0 Å². The van der Waals surface area contributed by atoms with Crippen LogP contribution >= 0.6 is 0 Å². The van der Waals surface area contributed by atoms with Gasteiger partial charge in [-0.15, -0.1) is 0 Å². The van der Waals surface area contributed by atoms with E-state index in [0.29, 0.717) is 0 Å². The summed E-state index contributed by atoms with van der Waals surface area (Å²) in [6, 6.07) is 10.1. The fraction of sp³-hybridized carbons (Fsp3) is 0.333. The van der Waals surface area contributed by atoms with Gasteiger partial charge in [-0.3, -0.25) is 29.8 Å². The molecule has 0 N–H and O–H groups in total. The number of aliphatic imine (C=N–C) groups is 2. The minimum absolute atomic E-state index is 0. The first-order chi connectivity index (χ1) is 18.2. The quantitative estimate of drug-likeness (QED) is 0.278. The van der Waals surface area contributed by atoms with Crippen LogP contribution in [0.5, 0.6) is 0 Å². The minimum Gasteiger partial charge on any atom is -0.862 e. The summed E-state index contributed by atoms with van der Waals surface area (Å²) >= 11 is 0. The maximum absolute atomic E-state index is 12.9. The minimum atomic E-state index is -0.582. The van der Waals surface area contributed by atoms with Crippen molar-refractivity contribution in [3.8, 4) is 0 Å². The molecule has 0 fully saturated rings. The van der Waals surface area contributed by atoms with Gasteiger partial charge in [0.15, 0.2) is 0 Å². The van der Waals surface area contributed by atoms with Gasteiger partial charge in [0.25, 0.3) is 23.2 Å². The van der Waals surface area contributed by atoms with Crippen molar-refractivity contribution in [2.75, 3.05) is 39.3 Å². The molecule has 2 aromatic rings. The van der Waals surface area contributed by atoms with Gasteiger partial charge in [0.1, 0.15) is 0 Å². The fourth-order valence-corrected chi connectivity index (χ4v) is 3.66. The van der Waals surface area contributed by atoms with Crippen LogP contribution in [0.15, 0.2) is 58.5 Å². The van der Waals surface area contributed by atoms with Crippen molar-refractivity contribution < 1.29 is 46.7 Å². The zero-order valence-electron chi connectivity index (χ0n) is 20.5. The molecule has 1 aliphatic heterocycles. The molecule has 0 saturated carbocycles. The van der Waals surface area contributed by atoms with E-state index in [2.05, 4.69) is 9.98 Å². The molecule has 39 heavy (non-hydrogen) atoms. The Morgan fingerprint density at radius 1 is 0.641 bits per heavy atom. The topological polar surface area (TPSA) is 198 Å². The number of nitrogens with zero attached hydrogens (tertiary/aromatic N) is 6. The Morgan fingerprint density at radius 3 is 1.28 bits per heavy atom. The molecule has 0 spiro atoms. The summed E-state index contributed by atoms with van der Waals surface area (Å²) in [5, 5.41) is 46.4. The molecule has 0 bridgehead atoms. The summed E-state index contributed by atoms with van der Waals surface area (Å²) in [5.41, 5.74) is 0.0390. The number of hydrogen-bond acceptors (Lipinski definition) is 10. The molecule has 0 atom stereocenters. The average molecular weight is 588 g/mol. The first-order valence-corrected chi connectivity index (χ1v) is 11.6. The average Bonchev–Trinajstić information content (AvgIpc) is 2.91. The number of benzene rings is 2. The van der Waals surface area contributed by atoms with Crippen LogP contribution in [0, 0.1) is 20.2 Å². The van der Waals surface area contributed by atoms with Gasteiger partial charge in [0.05, 0.1) is 22.9 Å². The molecule has 1 heterocycles. The first kappa shape index (κ1) is 30.9. The Bertz CT molecular complexity index is 1150. The second kappa shape index (κ2) is 14.5. The fourth-order valence-electron chi connectivity index (χ4n) is 3.66. The van der Waals surface area contributed by atoms with E-state index in [4.69, 9.17) is 0 Å². The van der Waals surface area contributed by atoms with Gasteiger partial charge >= 0.3 is 17.1 Å². The van der Waals surface area contributed by atoms with Crippen molar-refractivity contribution in [2.24, 2.45) is 9.98 Å². The van der Waals surface area contributed by atoms with E-state index in [9.17, 15) is 40.0 Å². The molecule has 1 aliphatic rings. The van der Waals surface area contributed by atoms with Crippen LogP contribution in [0.1, 0.15) is 33.6 Å². The molecule has 209 valence electrons. The van der Waals surface area contributed by atoms with Crippen molar-refractivity contribution in [2.45, 2.75) is 12.8 Å².